The second-order valence-electron chi connectivity index (χ2n) is 5.05. The van der Waals surface area contributed by atoms with E-state index in [4.69, 9.17) is 9.84 Å². The van der Waals surface area contributed by atoms with Crippen molar-refractivity contribution in [1.29, 1.82) is 0 Å². The summed E-state index contributed by atoms with van der Waals surface area (Å²) in [7, 11) is 1.55. The Morgan fingerprint density at radius 1 is 1.48 bits per heavy atom. The number of alkyl halides is 3. The molecule has 7 heteroatoms. The molecule has 1 heterocycles. The zero-order valence-corrected chi connectivity index (χ0v) is 11.5. The third kappa shape index (κ3) is 3.66. The maximum atomic E-state index is 13.1. The lowest BCUT2D eigenvalue weighted by Crippen LogP contribution is -2.30. The molecule has 1 aromatic carbocycles. The van der Waals surface area contributed by atoms with Crippen molar-refractivity contribution in [3.05, 3.63) is 29.3 Å². The van der Waals surface area contributed by atoms with Crippen molar-refractivity contribution in [2.24, 2.45) is 0 Å². The number of carboxylic acids is 1. The summed E-state index contributed by atoms with van der Waals surface area (Å²) in [5.41, 5.74) is -1.36. The molecule has 21 heavy (non-hydrogen) atoms. The third-order valence-electron chi connectivity index (χ3n) is 3.46. The van der Waals surface area contributed by atoms with Gasteiger partial charge in [-0.25, -0.2) is 4.79 Å². The summed E-state index contributed by atoms with van der Waals surface area (Å²) in [6.07, 6.45) is -2.97. The van der Waals surface area contributed by atoms with Crippen LogP contribution in [0, 0.1) is 0 Å². The molecule has 0 radical (unpaired) electrons. The van der Waals surface area contributed by atoms with Crippen molar-refractivity contribution in [1.82, 2.24) is 0 Å². The van der Waals surface area contributed by atoms with Gasteiger partial charge in [-0.15, -0.1) is 0 Å². The fraction of sp³-hybridized carbons (Fsp3) is 0.500. The average Bonchev–Trinajstić information content (AvgIpc) is 2.89. The monoisotopic (exact) mass is 303 g/mol. The molecular formula is C14H16F3NO3. The minimum absolute atomic E-state index is 0.0389. The predicted molar refractivity (Wildman–Crippen MR) is 70.6 cm³/mol. The Bertz CT molecular complexity index is 525. The van der Waals surface area contributed by atoms with Gasteiger partial charge in [-0.05, 0) is 31.0 Å². The first kappa shape index (κ1) is 15.6. The van der Waals surface area contributed by atoms with Crippen LogP contribution in [0.3, 0.4) is 0 Å². The number of nitrogens with zero attached hydrogens (tertiary/aromatic N) is 1. The van der Waals surface area contributed by atoms with Gasteiger partial charge < -0.3 is 14.7 Å². The smallest absolute Gasteiger partial charge is 0.418 e. The molecule has 0 bridgehead atoms. The number of halogens is 3. The molecule has 2 rings (SSSR count). The first-order chi connectivity index (χ1) is 9.79. The highest BCUT2D eigenvalue weighted by atomic mass is 19.4. The Labute approximate surface area is 120 Å². The van der Waals surface area contributed by atoms with Crippen molar-refractivity contribution in [3.63, 3.8) is 0 Å². The van der Waals surface area contributed by atoms with Crippen LogP contribution in [0.15, 0.2) is 18.2 Å². The largest absolute Gasteiger partial charge is 0.478 e. The fourth-order valence-electron chi connectivity index (χ4n) is 2.42. The molecule has 0 aliphatic carbocycles. The highest BCUT2D eigenvalue weighted by molar-refractivity contribution is 5.88. The normalized spacial score (nSPS) is 18.8. The van der Waals surface area contributed by atoms with Crippen LogP contribution < -0.4 is 4.90 Å². The lowest BCUT2D eigenvalue weighted by atomic mass is 10.1. The van der Waals surface area contributed by atoms with E-state index in [1.165, 1.54) is 17.0 Å². The fourth-order valence-corrected chi connectivity index (χ4v) is 2.42. The van der Waals surface area contributed by atoms with Gasteiger partial charge in [0.15, 0.2) is 0 Å². The number of rotatable bonds is 4. The molecule has 116 valence electrons. The van der Waals surface area contributed by atoms with Crippen LogP contribution in [-0.4, -0.2) is 37.4 Å². The number of aromatic carboxylic acids is 1. The molecule has 0 amide bonds. The Morgan fingerprint density at radius 3 is 2.71 bits per heavy atom. The Balaban J connectivity index is 2.30. The van der Waals surface area contributed by atoms with Gasteiger partial charge in [-0.3, -0.25) is 0 Å². The van der Waals surface area contributed by atoms with E-state index in [2.05, 4.69) is 0 Å². The summed E-state index contributed by atoms with van der Waals surface area (Å²) >= 11 is 0. The van der Waals surface area contributed by atoms with Crippen LogP contribution in [0.1, 0.15) is 28.8 Å². The van der Waals surface area contributed by atoms with E-state index in [9.17, 15) is 18.0 Å². The number of benzene rings is 1. The molecule has 1 N–H and O–H groups in total. The highest BCUT2D eigenvalue weighted by Gasteiger charge is 2.35. The van der Waals surface area contributed by atoms with Gasteiger partial charge in [0, 0.05) is 25.9 Å². The number of likely N-dealkylation sites (N-methyl/N-ethyl adjacent to an activating group) is 1. The van der Waals surface area contributed by atoms with E-state index in [1.807, 2.05) is 0 Å². The van der Waals surface area contributed by atoms with Gasteiger partial charge in [-0.2, -0.15) is 13.2 Å². The molecule has 0 aromatic heterocycles. The van der Waals surface area contributed by atoms with Crippen molar-refractivity contribution in [2.75, 3.05) is 25.1 Å². The molecule has 1 aromatic rings. The number of anilines is 1. The van der Waals surface area contributed by atoms with Crippen LogP contribution in [-0.2, 0) is 10.9 Å². The first-order valence-electron chi connectivity index (χ1n) is 6.56. The van der Waals surface area contributed by atoms with Crippen molar-refractivity contribution in [2.45, 2.75) is 25.1 Å². The van der Waals surface area contributed by atoms with Gasteiger partial charge in [0.2, 0.25) is 0 Å². The number of hydrogen-bond acceptors (Lipinski definition) is 3. The van der Waals surface area contributed by atoms with E-state index in [0.29, 0.717) is 19.2 Å². The second kappa shape index (κ2) is 5.93. The van der Waals surface area contributed by atoms with Crippen LogP contribution >= 0.6 is 0 Å². The number of hydrogen-bond donors (Lipinski definition) is 1. The minimum Gasteiger partial charge on any atom is -0.478 e. The summed E-state index contributed by atoms with van der Waals surface area (Å²) < 4.78 is 44.8. The van der Waals surface area contributed by atoms with E-state index in [-0.39, 0.29) is 17.4 Å². The molecule has 0 spiro atoms. The van der Waals surface area contributed by atoms with Crippen molar-refractivity contribution < 1.29 is 27.8 Å². The topological polar surface area (TPSA) is 49.8 Å². The summed E-state index contributed by atoms with van der Waals surface area (Å²) in [6, 6.07) is 3.05. The Kier molecular flexibility index (Phi) is 4.41. The second-order valence-corrected chi connectivity index (χ2v) is 5.05. The predicted octanol–water partition coefficient (Wildman–Crippen LogP) is 3.02. The molecule has 1 unspecified atom stereocenters. The Hall–Kier alpha value is -1.76. The van der Waals surface area contributed by atoms with Gasteiger partial charge in [0.1, 0.15) is 0 Å². The molecule has 4 nitrogen and oxygen atoms in total. The average molecular weight is 303 g/mol. The lowest BCUT2D eigenvalue weighted by molar-refractivity contribution is -0.137. The number of ether oxygens (including phenoxy) is 1. The molecular weight excluding hydrogens is 287 g/mol. The molecule has 1 fully saturated rings. The number of carbonyl (C=O) groups is 1. The van der Waals surface area contributed by atoms with Gasteiger partial charge in [0.25, 0.3) is 0 Å². The van der Waals surface area contributed by atoms with Gasteiger partial charge in [-0.1, -0.05) is 0 Å². The van der Waals surface area contributed by atoms with Crippen molar-refractivity contribution in [3.8, 4) is 0 Å². The molecule has 1 atom stereocenters. The van der Waals surface area contributed by atoms with Gasteiger partial charge >= 0.3 is 12.1 Å². The summed E-state index contributed by atoms with van der Waals surface area (Å²) in [5.74, 6) is -1.38. The third-order valence-corrected chi connectivity index (χ3v) is 3.46. The van der Waals surface area contributed by atoms with E-state index < -0.39 is 17.7 Å². The van der Waals surface area contributed by atoms with Crippen molar-refractivity contribution >= 4 is 11.7 Å². The number of carboxylic acid groups (broad SMARTS) is 1. The standard InChI is InChI=1S/C14H16F3NO3/c1-18(8-10-3-2-6-21-10)12-5-4-9(13(19)20)7-11(12)14(15,16)17/h4-5,7,10H,2-3,6,8H2,1H3,(H,19,20). The minimum atomic E-state index is -4.61. The maximum absolute atomic E-state index is 13.1. The maximum Gasteiger partial charge on any atom is 0.418 e. The zero-order valence-electron chi connectivity index (χ0n) is 11.5. The van der Waals surface area contributed by atoms with Crippen LogP contribution in [0.2, 0.25) is 0 Å². The lowest BCUT2D eigenvalue weighted by Gasteiger charge is -2.26. The van der Waals surface area contributed by atoms with Crippen LogP contribution in [0.4, 0.5) is 18.9 Å². The SMILES string of the molecule is CN(CC1CCCO1)c1ccc(C(=O)O)cc1C(F)(F)F. The molecule has 1 aliphatic rings. The van der Waals surface area contributed by atoms with Crippen LogP contribution in [0.25, 0.3) is 0 Å². The van der Waals surface area contributed by atoms with Crippen LogP contribution in [0.5, 0.6) is 0 Å². The summed E-state index contributed by atoms with van der Waals surface area (Å²) in [4.78, 5) is 12.3. The molecule has 1 saturated heterocycles. The first-order valence-corrected chi connectivity index (χ1v) is 6.56. The Morgan fingerprint density at radius 2 is 2.19 bits per heavy atom. The van der Waals surface area contributed by atoms with E-state index >= 15 is 0 Å². The summed E-state index contributed by atoms with van der Waals surface area (Å²) in [6.45, 7) is 0.970. The van der Waals surface area contributed by atoms with E-state index in [1.54, 1.807) is 7.05 Å². The molecule has 0 saturated carbocycles. The molecule has 1 aliphatic heterocycles. The highest BCUT2D eigenvalue weighted by Crippen LogP contribution is 2.37. The quantitative estimate of drug-likeness (QED) is 0.929. The summed E-state index contributed by atoms with van der Waals surface area (Å²) in [5, 5.41) is 8.83. The zero-order chi connectivity index (χ0) is 15.6. The van der Waals surface area contributed by atoms with E-state index in [0.717, 1.165) is 12.8 Å². The van der Waals surface area contributed by atoms with Gasteiger partial charge in [0.05, 0.1) is 17.2 Å².